The number of thioether (sulfide) groups is 1. The first kappa shape index (κ1) is 31.1. The van der Waals surface area contributed by atoms with Gasteiger partial charge in [-0.25, -0.2) is 9.59 Å². The van der Waals surface area contributed by atoms with E-state index in [0.29, 0.717) is 30.0 Å². The molecule has 2 atom stereocenters. The molecule has 2 aromatic rings. The Bertz CT molecular complexity index is 1010. The lowest BCUT2D eigenvalue weighted by molar-refractivity contribution is -0.192. The zero-order valence-electron chi connectivity index (χ0n) is 19.3. The van der Waals surface area contributed by atoms with Crippen LogP contribution in [-0.4, -0.2) is 70.6 Å². The van der Waals surface area contributed by atoms with Crippen molar-refractivity contribution in [2.24, 2.45) is 5.73 Å². The van der Waals surface area contributed by atoms with Crippen LogP contribution in [0.5, 0.6) is 0 Å². The number of halogens is 3. The highest BCUT2D eigenvalue weighted by molar-refractivity contribution is 7.98. The third kappa shape index (κ3) is 10.8. The van der Waals surface area contributed by atoms with Gasteiger partial charge in [-0.05, 0) is 47.8 Å². The van der Waals surface area contributed by atoms with Gasteiger partial charge >= 0.3 is 18.1 Å². The number of hydrogen-bond donors (Lipinski definition) is 6. The van der Waals surface area contributed by atoms with Crippen molar-refractivity contribution in [2.75, 3.05) is 29.6 Å². The summed E-state index contributed by atoms with van der Waals surface area (Å²) in [6, 6.07) is 13.9. The van der Waals surface area contributed by atoms with Gasteiger partial charge in [0.25, 0.3) is 5.91 Å². The number of anilines is 1. The van der Waals surface area contributed by atoms with E-state index >= 15 is 0 Å². The van der Waals surface area contributed by atoms with Crippen molar-refractivity contribution >= 4 is 47.9 Å². The first-order valence-electron chi connectivity index (χ1n) is 10.5. The van der Waals surface area contributed by atoms with Crippen molar-refractivity contribution in [3.05, 3.63) is 54.1 Å². The molecular formula is C23H28F3N3O5S2. The molecule has 0 aliphatic rings. The van der Waals surface area contributed by atoms with Crippen LogP contribution < -0.4 is 16.4 Å². The number of carbonyl (C=O) groups is 3. The van der Waals surface area contributed by atoms with Crippen molar-refractivity contribution in [1.82, 2.24) is 5.32 Å². The second kappa shape index (κ2) is 15.3. The Kier molecular flexibility index (Phi) is 13.2. The number of carboxylic acid groups (broad SMARTS) is 2. The summed E-state index contributed by atoms with van der Waals surface area (Å²) in [5.74, 6) is -2.99. The summed E-state index contributed by atoms with van der Waals surface area (Å²) in [6.45, 7) is 0.555. The third-order valence-electron chi connectivity index (χ3n) is 4.61. The minimum absolute atomic E-state index is 0.0887. The lowest BCUT2D eigenvalue weighted by Crippen LogP contribution is -2.41. The molecule has 0 radical (unpaired) electrons. The maximum atomic E-state index is 12.9. The number of benzene rings is 2. The Hall–Kier alpha value is -2.90. The molecule has 8 nitrogen and oxygen atoms in total. The van der Waals surface area contributed by atoms with Gasteiger partial charge in [0, 0.05) is 29.6 Å². The number of rotatable bonds is 11. The summed E-state index contributed by atoms with van der Waals surface area (Å²) >= 11 is 5.73. The lowest BCUT2D eigenvalue weighted by Gasteiger charge is -2.18. The van der Waals surface area contributed by atoms with E-state index in [-0.39, 0.29) is 6.04 Å². The number of hydrogen-bond acceptors (Lipinski definition) is 7. The molecule has 36 heavy (non-hydrogen) atoms. The monoisotopic (exact) mass is 547 g/mol. The van der Waals surface area contributed by atoms with Crippen LogP contribution >= 0.6 is 24.4 Å². The standard InChI is InChI=1S/C21H27N3O3S2.C2HF3O2/c1-29-10-9-19(21(26)27)24-20(25)17-8-7-16(23-12-15(22)13-28)11-18(17)14-5-3-2-4-6-14;3-2(4,5)1(6)7/h2-8,11,15,19,23,28H,9-10,12-13,22H2,1H3,(H,24,25)(H,26,27);(H,6,7)/t15-,19+;/m1./s1. The van der Waals surface area contributed by atoms with Crippen molar-refractivity contribution < 1.29 is 37.8 Å². The fourth-order valence-electron chi connectivity index (χ4n) is 2.75. The van der Waals surface area contributed by atoms with E-state index in [0.717, 1.165) is 16.8 Å². The Labute approximate surface area is 216 Å². The van der Waals surface area contributed by atoms with E-state index in [2.05, 4.69) is 23.3 Å². The minimum Gasteiger partial charge on any atom is -0.480 e. The molecule has 198 valence electrons. The molecule has 1 amide bonds. The molecule has 0 aliphatic carbocycles. The first-order chi connectivity index (χ1) is 16.9. The lowest BCUT2D eigenvalue weighted by atomic mass is 9.98. The molecule has 13 heteroatoms. The maximum absolute atomic E-state index is 12.9. The highest BCUT2D eigenvalue weighted by Gasteiger charge is 2.38. The summed E-state index contributed by atoms with van der Waals surface area (Å²) in [7, 11) is 0. The van der Waals surface area contributed by atoms with E-state index < -0.39 is 30.1 Å². The minimum atomic E-state index is -5.08. The van der Waals surface area contributed by atoms with Crippen LogP contribution in [0.1, 0.15) is 16.8 Å². The number of carbonyl (C=O) groups excluding carboxylic acids is 1. The van der Waals surface area contributed by atoms with Gasteiger partial charge in [0.05, 0.1) is 0 Å². The van der Waals surface area contributed by atoms with Crippen molar-refractivity contribution in [2.45, 2.75) is 24.7 Å². The predicted octanol–water partition coefficient (Wildman–Crippen LogP) is 3.59. The molecule has 2 aromatic carbocycles. The van der Waals surface area contributed by atoms with Crippen molar-refractivity contribution in [1.29, 1.82) is 0 Å². The topological polar surface area (TPSA) is 142 Å². The van der Waals surface area contributed by atoms with Crippen LogP contribution in [0.15, 0.2) is 48.5 Å². The SMILES string of the molecule is CSCC[C@H](NC(=O)c1ccc(NC[C@@H](N)CS)cc1-c1ccccc1)C(=O)O.O=C(O)C(F)(F)F. The Morgan fingerprint density at radius 3 is 2.22 bits per heavy atom. The van der Waals surface area contributed by atoms with Crippen LogP contribution in [0.25, 0.3) is 11.1 Å². The van der Waals surface area contributed by atoms with Crippen molar-refractivity contribution in [3.63, 3.8) is 0 Å². The Morgan fingerprint density at radius 1 is 1.11 bits per heavy atom. The molecule has 2 rings (SSSR count). The molecule has 0 saturated carbocycles. The van der Waals surface area contributed by atoms with Crippen molar-refractivity contribution in [3.8, 4) is 11.1 Å². The normalized spacial score (nSPS) is 12.5. The molecule has 0 aliphatic heterocycles. The molecule has 6 N–H and O–H groups in total. The smallest absolute Gasteiger partial charge is 0.480 e. The molecular weight excluding hydrogens is 519 g/mol. The average Bonchev–Trinajstić information content (AvgIpc) is 2.84. The largest absolute Gasteiger partial charge is 0.490 e. The third-order valence-corrected chi connectivity index (χ3v) is 5.72. The number of amides is 1. The zero-order chi connectivity index (χ0) is 27.3. The van der Waals surface area contributed by atoms with Gasteiger partial charge in [-0.2, -0.15) is 37.6 Å². The van der Waals surface area contributed by atoms with Gasteiger partial charge < -0.3 is 26.6 Å². The fourth-order valence-corrected chi connectivity index (χ4v) is 3.35. The highest BCUT2D eigenvalue weighted by Crippen LogP contribution is 2.27. The highest BCUT2D eigenvalue weighted by atomic mass is 32.2. The number of nitrogens with two attached hydrogens (primary N) is 1. The molecule has 0 saturated heterocycles. The summed E-state index contributed by atoms with van der Waals surface area (Å²) in [4.78, 5) is 33.3. The summed E-state index contributed by atoms with van der Waals surface area (Å²) in [5.41, 5.74) is 8.76. The second-order valence-corrected chi connectivity index (χ2v) is 8.75. The molecule has 0 spiro atoms. The van der Waals surface area contributed by atoms with Crippen LogP contribution in [0.3, 0.4) is 0 Å². The number of aliphatic carboxylic acids is 2. The van der Waals surface area contributed by atoms with Crippen LogP contribution in [0, 0.1) is 0 Å². The van der Waals surface area contributed by atoms with Gasteiger partial charge in [-0.3, -0.25) is 4.79 Å². The number of nitrogens with one attached hydrogen (secondary N) is 2. The zero-order valence-corrected chi connectivity index (χ0v) is 21.0. The van der Waals surface area contributed by atoms with Crippen LogP contribution in [0.4, 0.5) is 18.9 Å². The number of thiol groups is 1. The second-order valence-electron chi connectivity index (χ2n) is 7.40. The van der Waals surface area contributed by atoms with Gasteiger partial charge in [0.15, 0.2) is 0 Å². The molecule has 0 fully saturated rings. The Balaban J connectivity index is 0.000000809. The van der Waals surface area contributed by atoms with Crippen LogP contribution in [0.2, 0.25) is 0 Å². The number of alkyl halides is 3. The summed E-state index contributed by atoms with van der Waals surface area (Å²) in [6.07, 6.45) is -2.82. The van der Waals surface area contributed by atoms with E-state index in [4.69, 9.17) is 15.6 Å². The van der Waals surface area contributed by atoms with Gasteiger partial charge in [-0.15, -0.1) is 0 Å². The Morgan fingerprint density at radius 2 is 1.72 bits per heavy atom. The molecule has 0 heterocycles. The maximum Gasteiger partial charge on any atom is 0.490 e. The van der Waals surface area contributed by atoms with E-state index in [1.807, 2.05) is 42.7 Å². The quantitative estimate of drug-likeness (QED) is 0.235. The number of carboxylic acids is 2. The fraction of sp³-hybridized carbons (Fsp3) is 0.348. The van der Waals surface area contributed by atoms with Gasteiger partial charge in [0.2, 0.25) is 0 Å². The molecule has 0 bridgehead atoms. The summed E-state index contributed by atoms with van der Waals surface area (Å²) in [5, 5.41) is 22.5. The first-order valence-corrected chi connectivity index (χ1v) is 12.6. The average molecular weight is 548 g/mol. The van der Waals surface area contributed by atoms with Gasteiger partial charge in [-0.1, -0.05) is 30.3 Å². The van der Waals surface area contributed by atoms with E-state index in [1.165, 1.54) is 0 Å². The van der Waals surface area contributed by atoms with E-state index in [1.54, 1.807) is 23.9 Å². The molecule has 0 aromatic heterocycles. The van der Waals surface area contributed by atoms with Crippen LogP contribution in [-0.2, 0) is 9.59 Å². The summed E-state index contributed by atoms with van der Waals surface area (Å²) < 4.78 is 31.7. The predicted molar refractivity (Wildman–Crippen MR) is 138 cm³/mol. The van der Waals surface area contributed by atoms with E-state index in [9.17, 15) is 27.9 Å². The van der Waals surface area contributed by atoms with Gasteiger partial charge in [0.1, 0.15) is 6.04 Å². The molecule has 0 unspecified atom stereocenters.